The summed E-state index contributed by atoms with van der Waals surface area (Å²) in [4.78, 5) is 45.2. The number of nitrogens with zero attached hydrogens (tertiary/aromatic N) is 5. The van der Waals surface area contributed by atoms with E-state index >= 15 is 0 Å². The minimum atomic E-state index is -0.602. The van der Waals surface area contributed by atoms with Crippen molar-refractivity contribution in [3.8, 4) is 22.5 Å². The Balaban J connectivity index is 1.18. The van der Waals surface area contributed by atoms with Gasteiger partial charge in [-0.1, -0.05) is 67.0 Å². The number of aromatic amines is 1. The number of aryl methyl sites for hydroxylation is 1. The highest BCUT2D eigenvalue weighted by molar-refractivity contribution is 5.85. The van der Waals surface area contributed by atoms with Gasteiger partial charge in [0, 0.05) is 30.0 Å². The lowest BCUT2D eigenvalue weighted by molar-refractivity contribution is -0.132. The van der Waals surface area contributed by atoms with E-state index < -0.39 is 5.76 Å². The summed E-state index contributed by atoms with van der Waals surface area (Å²) in [6.07, 6.45) is 8.88. The van der Waals surface area contributed by atoms with E-state index in [-0.39, 0.29) is 29.6 Å². The highest BCUT2D eigenvalue weighted by Gasteiger charge is 2.32. The van der Waals surface area contributed by atoms with Gasteiger partial charge < -0.3 is 4.74 Å². The van der Waals surface area contributed by atoms with Crippen LogP contribution in [0, 0.1) is 0 Å². The van der Waals surface area contributed by atoms with Crippen LogP contribution in [0.1, 0.15) is 81.2 Å². The fourth-order valence-corrected chi connectivity index (χ4v) is 6.97. The minimum Gasteiger partial charge on any atom is -0.367 e. The van der Waals surface area contributed by atoms with Crippen molar-refractivity contribution in [3.05, 3.63) is 92.6 Å². The zero-order valence-electron chi connectivity index (χ0n) is 25.3. The Morgan fingerprint density at radius 1 is 0.978 bits per heavy atom. The smallest absolute Gasteiger partial charge is 0.367 e. The predicted molar refractivity (Wildman–Crippen MR) is 167 cm³/mol. The number of nitrogens with one attached hydrogen (secondary N) is 1. The van der Waals surface area contributed by atoms with Crippen molar-refractivity contribution >= 4 is 11.6 Å². The summed E-state index contributed by atoms with van der Waals surface area (Å²) < 4.78 is 14.6. The summed E-state index contributed by atoms with van der Waals surface area (Å²) in [7, 11) is 0. The second kappa shape index (κ2) is 12.4. The van der Waals surface area contributed by atoms with E-state index in [1.165, 1.54) is 6.33 Å². The minimum absolute atomic E-state index is 0.0143. The number of H-pyrrole nitrogens is 1. The van der Waals surface area contributed by atoms with E-state index in [2.05, 4.69) is 27.1 Å². The standard InChI is InChI=1S/C34H36N6O5/c1-2-6-28-27(19-21-11-13-22(14-12-21)25-7-3-4-8-26(25)31-37-34(43)45-38-31)32(42)39(33-35-20-36-40(28)33)23-15-17-24(18-16-23)44-30-10-5-9-29(30)41/h3-4,7-8,11-14,20,23-24,30H,2,5-6,9-10,15-19H2,1H3,(H,37,38,43)/t23-,24-,30?. The Morgan fingerprint density at radius 2 is 1.76 bits per heavy atom. The molecule has 0 spiro atoms. The molecule has 0 bridgehead atoms. The molecule has 2 aliphatic carbocycles. The lowest BCUT2D eigenvalue weighted by Crippen LogP contribution is -2.36. The van der Waals surface area contributed by atoms with E-state index in [1.54, 1.807) is 0 Å². The molecule has 7 rings (SSSR count). The van der Waals surface area contributed by atoms with Crippen LogP contribution >= 0.6 is 0 Å². The molecule has 1 atom stereocenters. The fraction of sp³-hybridized carbons (Fsp3) is 0.412. The quantitative estimate of drug-likeness (QED) is 0.245. The lowest BCUT2D eigenvalue weighted by atomic mass is 9.92. The van der Waals surface area contributed by atoms with E-state index in [0.717, 1.165) is 78.5 Å². The first-order valence-corrected chi connectivity index (χ1v) is 15.9. The van der Waals surface area contributed by atoms with E-state index in [1.807, 2.05) is 57.6 Å². The monoisotopic (exact) mass is 608 g/mol. The number of carbonyl (C=O) groups excluding carboxylic acids is 1. The Bertz CT molecular complexity index is 1940. The molecule has 1 N–H and O–H groups in total. The molecule has 0 saturated heterocycles. The maximum Gasteiger partial charge on any atom is 0.439 e. The van der Waals surface area contributed by atoms with Gasteiger partial charge in [-0.3, -0.25) is 23.7 Å². The van der Waals surface area contributed by atoms with Crippen molar-refractivity contribution in [2.75, 3.05) is 0 Å². The van der Waals surface area contributed by atoms with Crippen LogP contribution in [0.25, 0.3) is 28.3 Å². The number of rotatable bonds is 9. The molecule has 2 aromatic carbocycles. The van der Waals surface area contributed by atoms with E-state index in [0.29, 0.717) is 30.9 Å². The van der Waals surface area contributed by atoms with Gasteiger partial charge in [-0.25, -0.2) is 9.31 Å². The third kappa shape index (κ3) is 5.68. The first-order valence-electron chi connectivity index (χ1n) is 15.9. The molecule has 2 aliphatic rings. The van der Waals surface area contributed by atoms with Crippen molar-refractivity contribution in [1.82, 2.24) is 29.3 Å². The first kappa shape index (κ1) is 29.1. The number of ether oxygens (including phenoxy) is 1. The fourth-order valence-electron chi connectivity index (χ4n) is 6.97. The SMILES string of the molecule is CCCc1c(Cc2ccc(-c3ccccc3-c3noc(=O)[nH]3)cc2)c(=O)n([C@H]2CC[C@H](OC3CCCC3=O)CC2)c2ncnn12. The third-order valence-corrected chi connectivity index (χ3v) is 9.20. The molecule has 3 heterocycles. The second-order valence-corrected chi connectivity index (χ2v) is 12.1. The predicted octanol–water partition coefficient (Wildman–Crippen LogP) is 5.07. The first-order chi connectivity index (χ1) is 22.0. The van der Waals surface area contributed by atoms with Gasteiger partial charge in [0.25, 0.3) is 5.56 Å². The van der Waals surface area contributed by atoms with Crippen LogP contribution in [0.15, 0.2) is 69.0 Å². The Hall–Kier alpha value is -4.64. The lowest BCUT2D eigenvalue weighted by Gasteiger charge is -2.31. The summed E-state index contributed by atoms with van der Waals surface area (Å²) in [5.41, 5.74) is 5.24. The van der Waals surface area contributed by atoms with Crippen LogP contribution in [0.2, 0.25) is 0 Å². The largest absolute Gasteiger partial charge is 0.439 e. The van der Waals surface area contributed by atoms with Gasteiger partial charge in [-0.05, 0) is 61.6 Å². The van der Waals surface area contributed by atoms with Gasteiger partial charge in [0.1, 0.15) is 12.4 Å². The molecular formula is C34H36N6O5. The normalized spacial score (nSPS) is 20.3. The van der Waals surface area contributed by atoms with E-state index in [4.69, 9.17) is 9.26 Å². The maximum absolute atomic E-state index is 14.3. The Morgan fingerprint density at radius 3 is 2.44 bits per heavy atom. The van der Waals surface area contributed by atoms with Crippen LogP contribution in [0.4, 0.5) is 0 Å². The number of ketones is 1. The summed E-state index contributed by atoms with van der Waals surface area (Å²) in [5, 5.41) is 8.43. The summed E-state index contributed by atoms with van der Waals surface area (Å²) in [6, 6.07) is 15.8. The molecule has 0 aliphatic heterocycles. The van der Waals surface area contributed by atoms with Crippen molar-refractivity contribution in [2.45, 2.75) is 89.4 Å². The highest BCUT2D eigenvalue weighted by Crippen LogP contribution is 2.33. The Labute approximate surface area is 259 Å². The Kier molecular flexibility index (Phi) is 8.01. The van der Waals surface area contributed by atoms with E-state index in [9.17, 15) is 14.4 Å². The van der Waals surface area contributed by atoms with Gasteiger partial charge in [-0.15, -0.1) is 0 Å². The molecule has 0 amide bonds. The molecule has 3 aromatic heterocycles. The zero-order valence-corrected chi connectivity index (χ0v) is 25.3. The number of hydrogen-bond donors (Lipinski definition) is 1. The summed E-state index contributed by atoms with van der Waals surface area (Å²) >= 11 is 0. The summed E-state index contributed by atoms with van der Waals surface area (Å²) in [6.45, 7) is 2.10. The summed E-state index contributed by atoms with van der Waals surface area (Å²) in [5.74, 6) is 0.576. The van der Waals surface area contributed by atoms with Crippen molar-refractivity contribution in [1.29, 1.82) is 0 Å². The third-order valence-electron chi connectivity index (χ3n) is 9.20. The average molecular weight is 609 g/mol. The van der Waals surface area contributed by atoms with Gasteiger partial charge in [-0.2, -0.15) is 10.1 Å². The number of Topliss-reactive ketones (excluding diaryl/α,β-unsaturated/α-hetero) is 1. The van der Waals surface area contributed by atoms with Gasteiger partial charge in [0.05, 0.1) is 11.8 Å². The molecule has 11 nitrogen and oxygen atoms in total. The number of aromatic nitrogens is 6. The van der Waals surface area contributed by atoms with Crippen molar-refractivity contribution in [2.24, 2.45) is 0 Å². The number of fused-ring (bicyclic) bond motifs is 1. The number of hydrogen-bond acceptors (Lipinski definition) is 8. The molecule has 45 heavy (non-hydrogen) atoms. The van der Waals surface area contributed by atoms with Gasteiger partial charge in [0.15, 0.2) is 11.6 Å². The molecule has 2 saturated carbocycles. The average Bonchev–Trinajstić information content (AvgIpc) is 3.82. The van der Waals surface area contributed by atoms with Gasteiger partial charge in [0.2, 0.25) is 5.78 Å². The highest BCUT2D eigenvalue weighted by atomic mass is 16.5. The molecule has 5 aromatic rings. The van der Waals surface area contributed by atoms with Crippen LogP contribution in [-0.4, -0.2) is 47.3 Å². The second-order valence-electron chi connectivity index (χ2n) is 12.1. The molecule has 0 radical (unpaired) electrons. The molecular weight excluding hydrogens is 572 g/mol. The van der Waals surface area contributed by atoms with Crippen molar-refractivity contribution in [3.63, 3.8) is 0 Å². The molecule has 232 valence electrons. The molecule has 1 unspecified atom stereocenters. The molecule has 11 heteroatoms. The van der Waals surface area contributed by atoms with Crippen LogP contribution in [0.5, 0.6) is 0 Å². The molecule has 2 fully saturated rings. The number of benzene rings is 2. The number of carbonyl (C=O) groups is 1. The van der Waals surface area contributed by atoms with Crippen LogP contribution in [0.3, 0.4) is 0 Å². The van der Waals surface area contributed by atoms with Crippen LogP contribution < -0.4 is 11.3 Å². The topological polar surface area (TPSA) is 137 Å². The van der Waals surface area contributed by atoms with Crippen LogP contribution in [-0.2, 0) is 22.4 Å². The van der Waals surface area contributed by atoms with Gasteiger partial charge >= 0.3 is 5.76 Å². The zero-order chi connectivity index (χ0) is 30.9. The maximum atomic E-state index is 14.3. The van der Waals surface area contributed by atoms with Crippen molar-refractivity contribution < 1.29 is 14.1 Å².